The average molecular weight is 252 g/mol. The van der Waals surface area contributed by atoms with Crippen molar-refractivity contribution < 1.29 is 29.4 Å². The number of aromatic carboxylic acids is 2. The van der Waals surface area contributed by atoms with Gasteiger partial charge in [-0.15, -0.1) is 0 Å². The van der Waals surface area contributed by atoms with E-state index < -0.39 is 46.0 Å². The molecule has 0 unspecified atom stereocenters. The molecule has 0 atom stereocenters. The van der Waals surface area contributed by atoms with Crippen molar-refractivity contribution in [3.8, 4) is 0 Å². The highest BCUT2D eigenvalue weighted by molar-refractivity contribution is 6.15. The summed E-state index contributed by atoms with van der Waals surface area (Å²) in [5, 5.41) is 17.7. The van der Waals surface area contributed by atoms with Crippen LogP contribution in [0.2, 0.25) is 0 Å². The van der Waals surface area contributed by atoms with Gasteiger partial charge in [0.15, 0.2) is 0 Å². The number of carboxylic acids is 2. The van der Waals surface area contributed by atoms with Crippen molar-refractivity contribution in [2.45, 2.75) is 0 Å². The Morgan fingerprint density at radius 3 is 1.61 bits per heavy atom. The van der Waals surface area contributed by atoms with Gasteiger partial charge < -0.3 is 21.7 Å². The summed E-state index contributed by atoms with van der Waals surface area (Å²) in [6.07, 6.45) is 0. The number of amides is 2. The Hall–Kier alpha value is -2.90. The van der Waals surface area contributed by atoms with Crippen LogP contribution in [0.1, 0.15) is 41.4 Å². The minimum Gasteiger partial charge on any atom is -0.478 e. The van der Waals surface area contributed by atoms with Gasteiger partial charge in [-0.1, -0.05) is 0 Å². The highest BCUT2D eigenvalue weighted by Gasteiger charge is 2.27. The third kappa shape index (κ3) is 2.12. The molecule has 0 aliphatic carbocycles. The predicted octanol–water partition coefficient (Wildman–Crippen LogP) is -0.719. The zero-order chi connectivity index (χ0) is 14.0. The van der Waals surface area contributed by atoms with Crippen molar-refractivity contribution in [1.82, 2.24) is 0 Å². The second kappa shape index (κ2) is 4.53. The van der Waals surface area contributed by atoms with Gasteiger partial charge in [0.2, 0.25) is 11.8 Å². The van der Waals surface area contributed by atoms with E-state index in [2.05, 4.69) is 0 Å². The predicted molar refractivity (Wildman–Crippen MR) is 57.4 cm³/mol. The summed E-state index contributed by atoms with van der Waals surface area (Å²) in [6.45, 7) is 0. The first-order valence-electron chi connectivity index (χ1n) is 4.50. The fourth-order valence-corrected chi connectivity index (χ4v) is 1.46. The van der Waals surface area contributed by atoms with E-state index in [1.807, 2.05) is 0 Å². The molecule has 1 aromatic carbocycles. The minimum atomic E-state index is -1.69. The van der Waals surface area contributed by atoms with Gasteiger partial charge in [0, 0.05) is 0 Å². The average Bonchev–Trinajstić information content (AvgIpc) is 2.26. The Bertz CT molecular complexity index is 527. The van der Waals surface area contributed by atoms with E-state index in [-0.39, 0.29) is 0 Å². The maximum Gasteiger partial charge on any atom is 0.337 e. The van der Waals surface area contributed by atoms with Gasteiger partial charge in [-0.2, -0.15) is 0 Å². The molecule has 0 heterocycles. The fourth-order valence-electron chi connectivity index (χ4n) is 1.46. The zero-order valence-electron chi connectivity index (χ0n) is 8.84. The summed E-state index contributed by atoms with van der Waals surface area (Å²) in [7, 11) is 0. The molecule has 0 fully saturated rings. The van der Waals surface area contributed by atoms with Crippen molar-refractivity contribution >= 4 is 23.8 Å². The standard InChI is InChI=1S/C10H8N2O6/c11-7(13)3-1-2-4(9(15)16)6(10(17)18)5(3)8(12)14/h1-2H,(H2,11,13)(H2,12,14)(H,15,16)(H,17,18). The van der Waals surface area contributed by atoms with Gasteiger partial charge in [0.25, 0.3) is 0 Å². The van der Waals surface area contributed by atoms with Gasteiger partial charge in [-0.3, -0.25) is 9.59 Å². The molecule has 18 heavy (non-hydrogen) atoms. The van der Waals surface area contributed by atoms with Crippen molar-refractivity contribution in [3.05, 3.63) is 34.4 Å². The molecule has 0 aliphatic heterocycles. The third-order valence-corrected chi connectivity index (χ3v) is 2.16. The summed E-state index contributed by atoms with van der Waals surface area (Å²) in [5.74, 6) is -5.58. The lowest BCUT2D eigenvalue weighted by Gasteiger charge is -2.09. The molecule has 0 aromatic heterocycles. The molecular weight excluding hydrogens is 244 g/mol. The molecule has 0 spiro atoms. The lowest BCUT2D eigenvalue weighted by atomic mass is 9.95. The number of nitrogens with two attached hydrogens (primary N) is 2. The first kappa shape index (κ1) is 13.2. The highest BCUT2D eigenvalue weighted by atomic mass is 16.4. The van der Waals surface area contributed by atoms with E-state index >= 15 is 0 Å². The van der Waals surface area contributed by atoms with E-state index in [4.69, 9.17) is 21.7 Å². The summed E-state index contributed by atoms with van der Waals surface area (Å²) in [5.41, 5.74) is 7.26. The number of primary amides is 2. The van der Waals surface area contributed by atoms with Crippen LogP contribution in [0.4, 0.5) is 0 Å². The van der Waals surface area contributed by atoms with E-state index in [0.717, 1.165) is 12.1 Å². The number of hydrogen-bond acceptors (Lipinski definition) is 4. The zero-order valence-corrected chi connectivity index (χ0v) is 8.84. The summed E-state index contributed by atoms with van der Waals surface area (Å²) in [6, 6.07) is 1.82. The Labute approximate surface area is 99.8 Å². The Morgan fingerprint density at radius 2 is 1.28 bits per heavy atom. The smallest absolute Gasteiger partial charge is 0.337 e. The molecule has 0 saturated carbocycles. The van der Waals surface area contributed by atoms with Crippen molar-refractivity contribution in [3.63, 3.8) is 0 Å². The maximum absolute atomic E-state index is 11.2. The van der Waals surface area contributed by atoms with Crippen molar-refractivity contribution in [2.24, 2.45) is 11.5 Å². The topological polar surface area (TPSA) is 161 Å². The molecule has 0 aliphatic rings. The van der Waals surface area contributed by atoms with Gasteiger partial charge in [0.1, 0.15) is 0 Å². The lowest BCUT2D eigenvalue weighted by Crippen LogP contribution is -2.26. The van der Waals surface area contributed by atoms with Crippen LogP contribution in [0.25, 0.3) is 0 Å². The van der Waals surface area contributed by atoms with Gasteiger partial charge in [0.05, 0.1) is 22.3 Å². The van der Waals surface area contributed by atoms with E-state index in [1.54, 1.807) is 0 Å². The van der Waals surface area contributed by atoms with Crippen LogP contribution >= 0.6 is 0 Å². The first-order valence-corrected chi connectivity index (χ1v) is 4.50. The molecular formula is C10H8N2O6. The lowest BCUT2D eigenvalue weighted by molar-refractivity contribution is 0.0649. The van der Waals surface area contributed by atoms with Crippen LogP contribution in [0.3, 0.4) is 0 Å². The van der Waals surface area contributed by atoms with E-state index in [1.165, 1.54) is 0 Å². The Kier molecular flexibility index (Phi) is 3.32. The number of carbonyl (C=O) groups excluding carboxylic acids is 2. The second-order valence-electron chi connectivity index (χ2n) is 3.25. The quantitative estimate of drug-likeness (QED) is 0.552. The number of hydrogen-bond donors (Lipinski definition) is 4. The summed E-state index contributed by atoms with van der Waals surface area (Å²) >= 11 is 0. The third-order valence-electron chi connectivity index (χ3n) is 2.16. The Balaban J connectivity index is 3.82. The fraction of sp³-hybridized carbons (Fsp3) is 0. The van der Waals surface area contributed by atoms with Crippen LogP contribution in [0.5, 0.6) is 0 Å². The van der Waals surface area contributed by atoms with Crippen LogP contribution < -0.4 is 11.5 Å². The van der Waals surface area contributed by atoms with Crippen LogP contribution in [-0.4, -0.2) is 34.0 Å². The molecule has 1 rings (SSSR count). The van der Waals surface area contributed by atoms with Crippen molar-refractivity contribution in [1.29, 1.82) is 0 Å². The molecule has 0 bridgehead atoms. The van der Waals surface area contributed by atoms with Crippen LogP contribution in [-0.2, 0) is 0 Å². The van der Waals surface area contributed by atoms with Gasteiger partial charge >= 0.3 is 11.9 Å². The largest absolute Gasteiger partial charge is 0.478 e. The number of carbonyl (C=O) groups is 4. The van der Waals surface area contributed by atoms with Crippen molar-refractivity contribution in [2.75, 3.05) is 0 Å². The summed E-state index contributed by atoms with van der Waals surface area (Å²) in [4.78, 5) is 44.1. The van der Waals surface area contributed by atoms with E-state index in [9.17, 15) is 19.2 Å². The second-order valence-corrected chi connectivity index (χ2v) is 3.25. The molecule has 94 valence electrons. The molecule has 8 nitrogen and oxygen atoms in total. The molecule has 1 aromatic rings. The molecule has 8 heteroatoms. The normalized spacial score (nSPS) is 9.78. The van der Waals surface area contributed by atoms with Gasteiger partial charge in [-0.05, 0) is 12.1 Å². The van der Waals surface area contributed by atoms with E-state index in [0.29, 0.717) is 0 Å². The molecule has 6 N–H and O–H groups in total. The summed E-state index contributed by atoms with van der Waals surface area (Å²) < 4.78 is 0. The highest BCUT2D eigenvalue weighted by Crippen LogP contribution is 2.19. The number of benzene rings is 1. The molecule has 0 radical (unpaired) electrons. The molecule has 2 amide bonds. The molecule has 0 saturated heterocycles. The minimum absolute atomic E-state index is 0.440. The van der Waals surface area contributed by atoms with Crippen LogP contribution in [0, 0.1) is 0 Å². The van der Waals surface area contributed by atoms with Gasteiger partial charge in [-0.25, -0.2) is 9.59 Å². The first-order chi connectivity index (χ1) is 8.27. The number of rotatable bonds is 4. The Morgan fingerprint density at radius 1 is 0.778 bits per heavy atom. The monoisotopic (exact) mass is 252 g/mol. The SMILES string of the molecule is NC(=O)c1ccc(C(=O)O)c(C(=O)O)c1C(N)=O. The maximum atomic E-state index is 11.2. The van der Waals surface area contributed by atoms with Crippen LogP contribution in [0.15, 0.2) is 12.1 Å². The number of carboxylic acid groups (broad SMARTS) is 2.